The smallest absolute Gasteiger partial charge is 0.302 e. The summed E-state index contributed by atoms with van der Waals surface area (Å²) in [5.41, 5.74) is 2.32. The Hall–Kier alpha value is -1.12. The molecule has 32 heavy (non-hydrogen) atoms. The lowest BCUT2D eigenvalue weighted by molar-refractivity contribution is -0.148. The van der Waals surface area contributed by atoms with Crippen molar-refractivity contribution in [3.05, 3.63) is 11.6 Å². The third-order valence-corrected chi connectivity index (χ3v) is 10.6. The zero-order chi connectivity index (χ0) is 23.3. The molecule has 3 heteroatoms. The molecule has 0 saturated heterocycles. The van der Waals surface area contributed by atoms with Crippen LogP contribution in [0.4, 0.5) is 0 Å². The molecule has 0 aromatic rings. The number of carbonyl (C=O) groups is 2. The second kappa shape index (κ2) is 8.91. The SMILES string of the molecule is CC(=O)O[C@H]1CC[C@@]2(C)C(=CC[C@H]3[C@@H]4CC[C@H](C(C)CCC(=O)C(C)C)[C@@]4(C)CC[C@@H]32)C1. The summed E-state index contributed by atoms with van der Waals surface area (Å²) in [6.07, 6.45) is 14.2. The largest absolute Gasteiger partial charge is 0.462 e. The number of rotatable bonds is 6. The van der Waals surface area contributed by atoms with Gasteiger partial charge in [0.05, 0.1) is 0 Å². The number of hydrogen-bond acceptors (Lipinski definition) is 3. The first-order valence-electron chi connectivity index (χ1n) is 13.5. The molecule has 0 aliphatic heterocycles. The van der Waals surface area contributed by atoms with E-state index in [9.17, 15) is 9.59 Å². The first-order chi connectivity index (χ1) is 15.1. The minimum Gasteiger partial charge on any atom is -0.462 e. The van der Waals surface area contributed by atoms with Crippen LogP contribution in [0.25, 0.3) is 0 Å². The van der Waals surface area contributed by atoms with E-state index in [-0.39, 0.29) is 18.0 Å². The number of ketones is 1. The van der Waals surface area contributed by atoms with Crippen molar-refractivity contribution in [1.82, 2.24) is 0 Å². The highest BCUT2D eigenvalue weighted by atomic mass is 16.5. The lowest BCUT2D eigenvalue weighted by Gasteiger charge is -2.58. The molecule has 0 N–H and O–H groups in total. The molecule has 1 unspecified atom stereocenters. The van der Waals surface area contributed by atoms with Gasteiger partial charge in [-0.05, 0) is 91.8 Å². The van der Waals surface area contributed by atoms with Crippen LogP contribution < -0.4 is 0 Å². The topological polar surface area (TPSA) is 43.4 Å². The average Bonchev–Trinajstić information content (AvgIpc) is 3.08. The molecular formula is C29H46O3. The van der Waals surface area contributed by atoms with Crippen LogP contribution in [0, 0.1) is 46.3 Å². The molecule has 4 aliphatic rings. The van der Waals surface area contributed by atoms with Crippen LogP contribution >= 0.6 is 0 Å². The zero-order valence-corrected chi connectivity index (χ0v) is 21.4. The Morgan fingerprint density at radius 2 is 1.81 bits per heavy atom. The molecular weight excluding hydrogens is 396 g/mol. The number of hydrogen-bond donors (Lipinski definition) is 0. The highest BCUT2D eigenvalue weighted by Crippen LogP contribution is 2.67. The molecule has 0 aromatic carbocycles. The maximum Gasteiger partial charge on any atom is 0.302 e. The molecule has 0 spiro atoms. The fourth-order valence-electron chi connectivity index (χ4n) is 8.80. The highest BCUT2D eigenvalue weighted by molar-refractivity contribution is 5.80. The molecule has 0 radical (unpaired) electrons. The standard InChI is InChI=1S/C29H46O3/c1-18(2)27(31)12-7-19(3)24-10-11-25-23-9-8-21-17-22(32-20(4)30)13-15-28(21,5)26(23)14-16-29(24,25)6/h8,18-19,22-26H,7,9-17H2,1-6H3/t19?,22-,23-,24+,25-,26-,28-,29+/m0/s1. The van der Waals surface area contributed by atoms with Crippen molar-refractivity contribution in [2.24, 2.45) is 46.3 Å². The monoisotopic (exact) mass is 442 g/mol. The average molecular weight is 443 g/mol. The molecule has 4 rings (SSSR count). The number of ether oxygens (including phenoxy) is 1. The van der Waals surface area contributed by atoms with Gasteiger partial charge in [0.15, 0.2) is 0 Å². The van der Waals surface area contributed by atoms with Crippen molar-refractivity contribution in [3.8, 4) is 0 Å². The molecule has 3 fully saturated rings. The zero-order valence-electron chi connectivity index (χ0n) is 21.4. The van der Waals surface area contributed by atoms with E-state index in [0.29, 0.717) is 22.5 Å². The molecule has 0 heterocycles. The minimum absolute atomic E-state index is 0.0856. The molecule has 0 aromatic heterocycles. The Kier molecular flexibility index (Phi) is 6.69. The summed E-state index contributed by atoms with van der Waals surface area (Å²) in [6.45, 7) is 13.2. The number of allylic oxidation sites excluding steroid dienone is 1. The third kappa shape index (κ3) is 4.11. The number of carbonyl (C=O) groups excluding carboxylic acids is 2. The van der Waals surface area contributed by atoms with Crippen molar-refractivity contribution >= 4 is 11.8 Å². The van der Waals surface area contributed by atoms with E-state index in [0.717, 1.165) is 49.4 Å². The Morgan fingerprint density at radius 3 is 2.50 bits per heavy atom. The van der Waals surface area contributed by atoms with E-state index in [1.54, 1.807) is 5.57 Å². The summed E-state index contributed by atoms with van der Waals surface area (Å²) in [7, 11) is 0. The second-order valence-corrected chi connectivity index (χ2v) is 12.6. The van der Waals surface area contributed by atoms with Gasteiger partial charge >= 0.3 is 5.97 Å². The van der Waals surface area contributed by atoms with Crippen molar-refractivity contribution < 1.29 is 14.3 Å². The van der Waals surface area contributed by atoms with E-state index >= 15 is 0 Å². The Morgan fingerprint density at radius 1 is 1.06 bits per heavy atom. The fraction of sp³-hybridized carbons (Fsp3) is 0.862. The van der Waals surface area contributed by atoms with Gasteiger partial charge in [-0.15, -0.1) is 0 Å². The summed E-state index contributed by atoms with van der Waals surface area (Å²) in [4.78, 5) is 23.7. The molecule has 0 bridgehead atoms. The Labute approximate surface area is 196 Å². The molecule has 8 atom stereocenters. The van der Waals surface area contributed by atoms with Crippen LogP contribution in [0.5, 0.6) is 0 Å². The van der Waals surface area contributed by atoms with Crippen LogP contribution in [-0.4, -0.2) is 17.9 Å². The normalized spacial score (nSPS) is 41.8. The van der Waals surface area contributed by atoms with Crippen LogP contribution in [-0.2, 0) is 14.3 Å². The predicted octanol–water partition coefficient (Wildman–Crippen LogP) is 7.14. The van der Waals surface area contributed by atoms with Crippen LogP contribution in [0.2, 0.25) is 0 Å². The molecule has 3 saturated carbocycles. The van der Waals surface area contributed by atoms with E-state index < -0.39 is 0 Å². The van der Waals surface area contributed by atoms with Crippen LogP contribution in [0.1, 0.15) is 106 Å². The van der Waals surface area contributed by atoms with Gasteiger partial charge in [-0.2, -0.15) is 0 Å². The van der Waals surface area contributed by atoms with Crippen molar-refractivity contribution in [3.63, 3.8) is 0 Å². The number of esters is 1. The van der Waals surface area contributed by atoms with Gasteiger partial charge in [0.1, 0.15) is 11.9 Å². The number of Topliss-reactive ketones (excluding diaryl/α,β-unsaturated/α-hetero) is 1. The number of fused-ring (bicyclic) bond motifs is 5. The van der Waals surface area contributed by atoms with Gasteiger partial charge in [0.2, 0.25) is 0 Å². The quantitative estimate of drug-likeness (QED) is 0.324. The van der Waals surface area contributed by atoms with Gasteiger partial charge in [-0.1, -0.05) is 46.3 Å². The molecule has 4 aliphatic carbocycles. The maximum atomic E-state index is 12.2. The molecule has 0 amide bonds. The maximum absolute atomic E-state index is 12.2. The molecule has 3 nitrogen and oxygen atoms in total. The van der Waals surface area contributed by atoms with E-state index in [1.807, 2.05) is 13.8 Å². The van der Waals surface area contributed by atoms with Gasteiger partial charge in [0.25, 0.3) is 0 Å². The van der Waals surface area contributed by atoms with Crippen LogP contribution in [0.15, 0.2) is 11.6 Å². The Balaban J connectivity index is 1.47. The summed E-state index contributed by atoms with van der Waals surface area (Å²) in [6, 6.07) is 0. The van der Waals surface area contributed by atoms with E-state index in [2.05, 4.69) is 26.8 Å². The van der Waals surface area contributed by atoms with Gasteiger partial charge < -0.3 is 4.74 Å². The second-order valence-electron chi connectivity index (χ2n) is 12.6. The van der Waals surface area contributed by atoms with E-state index in [1.165, 1.54) is 45.4 Å². The summed E-state index contributed by atoms with van der Waals surface area (Å²) in [5, 5.41) is 0. The third-order valence-electron chi connectivity index (χ3n) is 10.6. The molecule has 180 valence electrons. The van der Waals surface area contributed by atoms with Gasteiger partial charge in [0, 0.05) is 25.7 Å². The summed E-state index contributed by atoms with van der Waals surface area (Å²) < 4.78 is 5.60. The minimum atomic E-state index is -0.137. The van der Waals surface area contributed by atoms with Crippen molar-refractivity contribution in [1.29, 1.82) is 0 Å². The van der Waals surface area contributed by atoms with Crippen molar-refractivity contribution in [2.75, 3.05) is 0 Å². The van der Waals surface area contributed by atoms with E-state index in [4.69, 9.17) is 4.74 Å². The lowest BCUT2D eigenvalue weighted by atomic mass is 9.47. The lowest BCUT2D eigenvalue weighted by Crippen LogP contribution is -2.51. The first kappa shape index (κ1) is 24.0. The first-order valence-corrected chi connectivity index (χ1v) is 13.5. The summed E-state index contributed by atoms with van der Waals surface area (Å²) >= 11 is 0. The highest BCUT2D eigenvalue weighted by Gasteiger charge is 2.59. The Bertz CT molecular complexity index is 766. The van der Waals surface area contributed by atoms with Crippen LogP contribution in [0.3, 0.4) is 0 Å². The van der Waals surface area contributed by atoms with Crippen molar-refractivity contribution in [2.45, 2.75) is 112 Å². The summed E-state index contributed by atoms with van der Waals surface area (Å²) in [5.74, 6) is 4.31. The van der Waals surface area contributed by atoms with Gasteiger partial charge in [-0.25, -0.2) is 0 Å². The van der Waals surface area contributed by atoms with Gasteiger partial charge in [-0.3, -0.25) is 9.59 Å². The predicted molar refractivity (Wildman–Crippen MR) is 129 cm³/mol. The fourth-order valence-corrected chi connectivity index (χ4v) is 8.80.